The van der Waals surface area contributed by atoms with E-state index in [1.165, 1.54) is 6.21 Å². The first-order chi connectivity index (χ1) is 11.7. The Bertz CT molecular complexity index is 652. The van der Waals surface area contributed by atoms with Gasteiger partial charge in [-0.1, -0.05) is 52.3 Å². The van der Waals surface area contributed by atoms with E-state index in [1.54, 1.807) is 5.01 Å². The van der Waals surface area contributed by atoms with E-state index in [0.29, 0.717) is 0 Å². The number of hydrogen-bond donors (Lipinski definition) is 0. The molecule has 1 aliphatic rings. The minimum atomic E-state index is -0.414. The quantitative estimate of drug-likeness (QED) is 0.324. The third-order valence-corrected chi connectivity index (χ3v) is 4.97. The summed E-state index contributed by atoms with van der Waals surface area (Å²) < 4.78 is 5.48. The van der Waals surface area contributed by atoms with Gasteiger partial charge in [0, 0.05) is 0 Å². The summed E-state index contributed by atoms with van der Waals surface area (Å²) in [6, 6.07) is 19.4. The van der Waals surface area contributed by atoms with Crippen LogP contribution in [0.2, 0.25) is 0 Å². The zero-order chi connectivity index (χ0) is 16.8. The van der Waals surface area contributed by atoms with E-state index in [0.717, 1.165) is 30.6 Å². The molecule has 0 amide bonds. The van der Waals surface area contributed by atoms with Crippen LogP contribution in [0.1, 0.15) is 19.3 Å². The molecule has 0 unspecified atom stereocenters. The fourth-order valence-electron chi connectivity index (χ4n) is 2.72. The van der Waals surface area contributed by atoms with Gasteiger partial charge in [0.05, 0.1) is 16.2 Å². The number of hydrazone groups is 1. The van der Waals surface area contributed by atoms with Crippen molar-refractivity contribution in [2.75, 3.05) is 5.01 Å². The van der Waals surface area contributed by atoms with Crippen molar-refractivity contribution in [3.8, 4) is 0 Å². The van der Waals surface area contributed by atoms with Crippen LogP contribution in [0, 0.1) is 0 Å². The summed E-state index contributed by atoms with van der Waals surface area (Å²) in [5, 5.41) is 6.07. The molecule has 3 rings (SSSR count). The summed E-state index contributed by atoms with van der Waals surface area (Å²) in [5.74, 6) is -0.414. The third-order valence-electron chi connectivity index (χ3n) is 3.92. The summed E-state index contributed by atoms with van der Waals surface area (Å²) in [7, 11) is 0. The fourth-order valence-corrected chi connectivity index (χ4v) is 3.41. The van der Waals surface area contributed by atoms with E-state index < -0.39 is 5.97 Å². The summed E-state index contributed by atoms with van der Waals surface area (Å²) in [4.78, 5) is 12.3. The second-order valence-corrected chi connectivity index (χ2v) is 6.83. The van der Waals surface area contributed by atoms with Gasteiger partial charge in [-0.15, -0.1) is 0 Å². The van der Waals surface area contributed by atoms with Crippen LogP contribution >= 0.6 is 15.9 Å². The molecule has 0 aliphatic heterocycles. The van der Waals surface area contributed by atoms with Crippen molar-refractivity contribution in [1.29, 1.82) is 0 Å². The predicted molar refractivity (Wildman–Crippen MR) is 100.0 cm³/mol. The minimum absolute atomic E-state index is 0.0640. The molecule has 124 valence electrons. The van der Waals surface area contributed by atoms with Crippen molar-refractivity contribution >= 4 is 39.5 Å². The van der Waals surface area contributed by atoms with Crippen molar-refractivity contribution in [2.24, 2.45) is 5.10 Å². The first-order valence-electron chi connectivity index (χ1n) is 8.03. The summed E-state index contributed by atoms with van der Waals surface area (Å²) in [6.07, 6.45) is 4.19. The van der Waals surface area contributed by atoms with Crippen LogP contribution in [-0.2, 0) is 9.53 Å². The molecule has 2 aromatic rings. The number of esters is 1. The molecule has 5 heteroatoms. The Kier molecular flexibility index (Phi) is 5.64. The van der Waals surface area contributed by atoms with Gasteiger partial charge in [-0.05, 0) is 43.5 Å². The number of nitrogens with zero attached hydrogens (tertiary/aromatic N) is 2. The molecule has 0 radical (unpaired) electrons. The highest BCUT2D eigenvalue weighted by Crippen LogP contribution is 2.28. The van der Waals surface area contributed by atoms with Crippen LogP contribution in [0.4, 0.5) is 11.4 Å². The lowest BCUT2D eigenvalue weighted by Crippen LogP contribution is -2.23. The van der Waals surface area contributed by atoms with Crippen LogP contribution in [-0.4, -0.2) is 23.1 Å². The average molecular weight is 387 g/mol. The smallest absolute Gasteiger partial charge is 0.351 e. The summed E-state index contributed by atoms with van der Waals surface area (Å²) in [5.41, 5.74) is 1.76. The molecule has 2 aromatic carbocycles. The van der Waals surface area contributed by atoms with E-state index in [1.807, 2.05) is 60.7 Å². The number of halogens is 1. The van der Waals surface area contributed by atoms with Crippen molar-refractivity contribution < 1.29 is 9.53 Å². The Hall–Kier alpha value is -2.14. The van der Waals surface area contributed by atoms with Gasteiger partial charge in [-0.25, -0.2) is 9.80 Å². The number of alkyl halides is 1. The lowest BCUT2D eigenvalue weighted by atomic mass is 10.2. The Morgan fingerprint density at radius 3 is 2.12 bits per heavy atom. The van der Waals surface area contributed by atoms with E-state index in [9.17, 15) is 4.79 Å². The molecule has 0 aromatic heterocycles. The molecule has 0 spiro atoms. The van der Waals surface area contributed by atoms with Crippen LogP contribution in [0.3, 0.4) is 0 Å². The molecular formula is C19H19BrN2O2. The van der Waals surface area contributed by atoms with Crippen molar-refractivity contribution in [3.05, 3.63) is 60.7 Å². The van der Waals surface area contributed by atoms with Crippen LogP contribution in [0.15, 0.2) is 65.8 Å². The molecule has 24 heavy (non-hydrogen) atoms. The number of rotatable bonds is 5. The molecule has 1 fully saturated rings. The molecule has 4 nitrogen and oxygen atoms in total. The maximum Gasteiger partial charge on any atom is 0.351 e. The number of carbonyl (C=O) groups is 1. The number of carbonyl (C=O) groups excluding carboxylic acids is 1. The Labute approximate surface area is 150 Å². The fraction of sp³-hybridized carbons (Fsp3) is 0.263. The number of ether oxygens (including phenoxy) is 1. The molecule has 2 atom stereocenters. The van der Waals surface area contributed by atoms with Gasteiger partial charge in [-0.2, -0.15) is 5.10 Å². The third kappa shape index (κ3) is 4.23. The van der Waals surface area contributed by atoms with Gasteiger partial charge in [-0.3, -0.25) is 0 Å². The maximum atomic E-state index is 12.1. The minimum Gasteiger partial charge on any atom is -0.457 e. The zero-order valence-electron chi connectivity index (χ0n) is 13.2. The van der Waals surface area contributed by atoms with Gasteiger partial charge in [0.1, 0.15) is 12.3 Å². The van der Waals surface area contributed by atoms with Crippen molar-refractivity contribution in [1.82, 2.24) is 0 Å². The first kappa shape index (κ1) is 16.7. The molecule has 0 saturated heterocycles. The number of hydrogen-bond acceptors (Lipinski definition) is 4. The highest BCUT2D eigenvalue weighted by Gasteiger charge is 2.27. The molecule has 0 N–H and O–H groups in total. The Morgan fingerprint density at radius 1 is 1.04 bits per heavy atom. The highest BCUT2D eigenvalue weighted by atomic mass is 79.9. The van der Waals surface area contributed by atoms with Gasteiger partial charge < -0.3 is 4.74 Å². The molecule has 1 aliphatic carbocycles. The van der Waals surface area contributed by atoms with Crippen molar-refractivity contribution in [2.45, 2.75) is 30.2 Å². The molecular weight excluding hydrogens is 368 g/mol. The van der Waals surface area contributed by atoms with E-state index in [-0.39, 0.29) is 10.9 Å². The number of para-hydroxylation sites is 2. The van der Waals surface area contributed by atoms with Crippen LogP contribution < -0.4 is 5.01 Å². The normalized spacial score (nSPS) is 20.2. The second-order valence-electron chi connectivity index (χ2n) is 5.65. The van der Waals surface area contributed by atoms with Crippen LogP contribution in [0.25, 0.3) is 0 Å². The zero-order valence-corrected chi connectivity index (χ0v) is 14.8. The van der Waals surface area contributed by atoms with Gasteiger partial charge in [0.25, 0.3) is 0 Å². The first-order valence-corrected chi connectivity index (χ1v) is 8.94. The maximum absolute atomic E-state index is 12.1. The van der Waals surface area contributed by atoms with Gasteiger partial charge >= 0.3 is 5.97 Å². The lowest BCUT2D eigenvalue weighted by molar-refractivity contribution is -0.139. The lowest BCUT2D eigenvalue weighted by Gasteiger charge is -2.19. The molecule has 0 heterocycles. The summed E-state index contributed by atoms with van der Waals surface area (Å²) in [6.45, 7) is 0. The largest absolute Gasteiger partial charge is 0.457 e. The number of benzene rings is 2. The van der Waals surface area contributed by atoms with E-state index >= 15 is 0 Å². The Morgan fingerprint density at radius 2 is 1.62 bits per heavy atom. The predicted octanol–water partition coefficient (Wildman–Crippen LogP) is 4.67. The van der Waals surface area contributed by atoms with Gasteiger partial charge in [0.15, 0.2) is 0 Å². The monoisotopic (exact) mass is 386 g/mol. The Balaban J connectivity index is 1.75. The van der Waals surface area contributed by atoms with Crippen LogP contribution in [0.5, 0.6) is 0 Å². The highest BCUT2D eigenvalue weighted by molar-refractivity contribution is 9.09. The second kappa shape index (κ2) is 8.11. The standard InChI is InChI=1S/C19H19BrN2O2/c20-17-12-7-13-18(17)24-19(23)14-21-22(15-8-3-1-4-9-15)16-10-5-2-6-11-16/h1-6,8-11,14,17-18H,7,12-13H2/b21-14+/t17-,18-/m1/s1. The SMILES string of the molecule is O=C(/C=N/N(c1ccccc1)c1ccccc1)O[C@@H]1CCC[C@H]1Br. The molecule has 0 bridgehead atoms. The van der Waals surface area contributed by atoms with E-state index in [4.69, 9.17) is 4.74 Å². The number of anilines is 2. The average Bonchev–Trinajstić information content (AvgIpc) is 3.02. The summed E-state index contributed by atoms with van der Waals surface area (Å²) >= 11 is 3.55. The van der Waals surface area contributed by atoms with Crippen molar-refractivity contribution in [3.63, 3.8) is 0 Å². The molecule has 1 saturated carbocycles. The topological polar surface area (TPSA) is 41.9 Å². The van der Waals surface area contributed by atoms with Gasteiger partial charge in [0.2, 0.25) is 0 Å². The van der Waals surface area contributed by atoms with E-state index in [2.05, 4.69) is 21.0 Å².